The van der Waals surface area contributed by atoms with E-state index in [0.717, 1.165) is 69.1 Å². The molecule has 1 saturated carbocycles. The summed E-state index contributed by atoms with van der Waals surface area (Å²) in [5, 5.41) is 4.50. The third-order valence-corrected chi connectivity index (χ3v) is 7.95. The zero-order valence-electron chi connectivity index (χ0n) is 20.5. The van der Waals surface area contributed by atoms with Crippen molar-refractivity contribution in [3.05, 3.63) is 71.1 Å². The molecule has 2 aromatic carbocycles. The smallest absolute Gasteiger partial charge is 0.252 e. The molecule has 0 spiro atoms. The van der Waals surface area contributed by atoms with E-state index in [-0.39, 0.29) is 23.9 Å². The number of benzene rings is 2. The summed E-state index contributed by atoms with van der Waals surface area (Å²) in [6.07, 6.45) is 9.33. The Balaban J connectivity index is 1.02. The molecule has 1 saturated heterocycles. The van der Waals surface area contributed by atoms with Gasteiger partial charge in [-0.15, -0.1) is 0 Å². The molecule has 0 bridgehead atoms. The number of hydrogen-bond acceptors (Lipinski definition) is 4. The number of piperidine rings is 1. The van der Waals surface area contributed by atoms with Gasteiger partial charge in [0.2, 0.25) is 0 Å². The normalized spacial score (nSPS) is 21.4. The number of ether oxygens (including phenoxy) is 1. The number of hydrogen-bond donors (Lipinski definition) is 1. The number of halogens is 2. The Hall–Kier alpha value is -2.70. The summed E-state index contributed by atoms with van der Waals surface area (Å²) in [5.41, 5.74) is 1.56. The van der Waals surface area contributed by atoms with E-state index in [9.17, 15) is 9.18 Å². The van der Waals surface area contributed by atoms with Gasteiger partial charge in [0.1, 0.15) is 17.7 Å². The predicted molar refractivity (Wildman–Crippen MR) is 141 cm³/mol. The number of carbonyl (C=O) groups excluding carboxylic acids is 1. The maximum absolute atomic E-state index is 13.2. The van der Waals surface area contributed by atoms with Gasteiger partial charge in [0.25, 0.3) is 5.91 Å². The molecule has 5 rings (SSSR count). The lowest BCUT2D eigenvalue weighted by Gasteiger charge is -2.34. The number of aromatic nitrogens is 1. The second-order valence-corrected chi connectivity index (χ2v) is 10.5. The van der Waals surface area contributed by atoms with Gasteiger partial charge in [-0.3, -0.25) is 9.78 Å². The molecule has 1 aliphatic heterocycles. The standard InChI is InChI=1S/C29H33ClFN3O2/c30-26-19-21(31)7-10-28(26)36-23-13-17-34(18-14-23)16-12-20-5-8-22(9-6-20)33-29(35)25-11-15-32-27-4-2-1-3-24(25)27/h1-4,7,10-11,15,19-20,22-23H,5-6,8-9,12-14,16-18H2,(H,33,35). The van der Waals surface area contributed by atoms with Crippen molar-refractivity contribution < 1.29 is 13.9 Å². The van der Waals surface area contributed by atoms with Crippen LogP contribution in [0.2, 0.25) is 5.02 Å². The van der Waals surface area contributed by atoms with Gasteiger partial charge in [-0.05, 0) is 87.7 Å². The highest BCUT2D eigenvalue weighted by molar-refractivity contribution is 6.32. The van der Waals surface area contributed by atoms with Gasteiger partial charge in [0.15, 0.2) is 0 Å². The van der Waals surface area contributed by atoms with Gasteiger partial charge >= 0.3 is 0 Å². The van der Waals surface area contributed by atoms with E-state index in [4.69, 9.17) is 16.3 Å². The number of fused-ring (bicyclic) bond motifs is 1. The van der Waals surface area contributed by atoms with E-state index < -0.39 is 0 Å². The molecule has 36 heavy (non-hydrogen) atoms. The van der Waals surface area contributed by atoms with E-state index in [2.05, 4.69) is 15.2 Å². The Bertz CT molecular complexity index is 1180. The number of rotatable bonds is 7. The van der Waals surface area contributed by atoms with E-state index in [1.165, 1.54) is 18.6 Å². The van der Waals surface area contributed by atoms with Gasteiger partial charge in [-0.2, -0.15) is 0 Å². The van der Waals surface area contributed by atoms with Crippen molar-refractivity contribution in [3.63, 3.8) is 0 Å². The van der Waals surface area contributed by atoms with Crippen LogP contribution in [0.5, 0.6) is 5.75 Å². The number of nitrogens with zero attached hydrogens (tertiary/aromatic N) is 2. The van der Waals surface area contributed by atoms with Crippen LogP contribution >= 0.6 is 11.6 Å². The summed E-state index contributed by atoms with van der Waals surface area (Å²) in [4.78, 5) is 19.8. The van der Waals surface area contributed by atoms with Crippen molar-refractivity contribution in [2.45, 2.75) is 57.1 Å². The second kappa shape index (κ2) is 11.6. The first-order valence-corrected chi connectivity index (χ1v) is 13.4. The van der Waals surface area contributed by atoms with Crippen LogP contribution in [0, 0.1) is 11.7 Å². The van der Waals surface area contributed by atoms with Crippen LogP contribution in [0.25, 0.3) is 10.9 Å². The maximum Gasteiger partial charge on any atom is 0.252 e. The molecule has 1 N–H and O–H groups in total. The predicted octanol–water partition coefficient (Wildman–Crippen LogP) is 6.25. The number of amides is 1. The first kappa shape index (κ1) is 25.0. The molecule has 0 atom stereocenters. The van der Waals surface area contributed by atoms with E-state index in [1.54, 1.807) is 12.3 Å². The summed E-state index contributed by atoms with van der Waals surface area (Å²) < 4.78 is 19.3. The quantitative estimate of drug-likeness (QED) is 0.409. The second-order valence-electron chi connectivity index (χ2n) is 10.1. The molecule has 7 heteroatoms. The SMILES string of the molecule is O=C(NC1CCC(CCN2CCC(Oc3ccc(F)cc3Cl)CC2)CC1)c1ccnc2ccccc12. The lowest BCUT2D eigenvalue weighted by molar-refractivity contribution is 0.0899. The lowest BCUT2D eigenvalue weighted by atomic mass is 9.83. The molecule has 1 amide bonds. The molecule has 3 aromatic rings. The fourth-order valence-corrected chi connectivity index (χ4v) is 5.73. The Morgan fingerprint density at radius 2 is 1.83 bits per heavy atom. The fourth-order valence-electron chi connectivity index (χ4n) is 5.52. The third-order valence-electron chi connectivity index (χ3n) is 7.65. The molecule has 0 unspecified atom stereocenters. The van der Waals surface area contributed by atoms with Crippen LogP contribution in [0.1, 0.15) is 55.3 Å². The number of likely N-dealkylation sites (tertiary alicyclic amines) is 1. The van der Waals surface area contributed by atoms with Crippen molar-refractivity contribution in [3.8, 4) is 5.75 Å². The topological polar surface area (TPSA) is 54.5 Å². The van der Waals surface area contributed by atoms with Crippen molar-refractivity contribution >= 4 is 28.4 Å². The summed E-state index contributed by atoms with van der Waals surface area (Å²) in [7, 11) is 0. The molecular formula is C29H33ClFN3O2. The first-order valence-electron chi connectivity index (χ1n) is 13.0. The molecule has 1 aromatic heterocycles. The number of carbonyl (C=O) groups is 1. The number of para-hydroxylation sites is 1. The molecule has 2 heterocycles. The minimum atomic E-state index is -0.346. The molecule has 1 aliphatic carbocycles. The van der Waals surface area contributed by atoms with Crippen LogP contribution in [-0.4, -0.2) is 47.6 Å². The van der Waals surface area contributed by atoms with Gasteiger partial charge in [-0.1, -0.05) is 29.8 Å². The zero-order valence-corrected chi connectivity index (χ0v) is 21.2. The van der Waals surface area contributed by atoms with Gasteiger partial charge in [0.05, 0.1) is 16.1 Å². The highest BCUT2D eigenvalue weighted by Crippen LogP contribution is 2.30. The van der Waals surface area contributed by atoms with Crippen molar-refractivity contribution in [2.24, 2.45) is 5.92 Å². The van der Waals surface area contributed by atoms with Crippen LogP contribution in [-0.2, 0) is 0 Å². The number of nitrogens with one attached hydrogen (secondary N) is 1. The van der Waals surface area contributed by atoms with Gasteiger partial charge in [-0.25, -0.2) is 4.39 Å². The van der Waals surface area contributed by atoms with Crippen molar-refractivity contribution in [1.82, 2.24) is 15.2 Å². The third kappa shape index (κ3) is 6.16. The largest absolute Gasteiger partial charge is 0.489 e. The Morgan fingerprint density at radius 1 is 1.06 bits per heavy atom. The van der Waals surface area contributed by atoms with Crippen molar-refractivity contribution in [2.75, 3.05) is 19.6 Å². The lowest BCUT2D eigenvalue weighted by Crippen LogP contribution is -2.40. The Kier molecular flexibility index (Phi) is 8.02. The van der Waals surface area contributed by atoms with Crippen molar-refractivity contribution in [1.29, 1.82) is 0 Å². The Morgan fingerprint density at radius 3 is 2.61 bits per heavy atom. The van der Waals surface area contributed by atoms with Crippen LogP contribution < -0.4 is 10.1 Å². The fraction of sp³-hybridized carbons (Fsp3) is 0.448. The molecular weight excluding hydrogens is 477 g/mol. The van der Waals surface area contributed by atoms with E-state index in [1.807, 2.05) is 30.3 Å². The average molecular weight is 510 g/mol. The van der Waals surface area contributed by atoms with Crippen LogP contribution in [0.3, 0.4) is 0 Å². The molecule has 2 fully saturated rings. The summed E-state index contributed by atoms with van der Waals surface area (Å²) in [5.74, 6) is 0.939. The first-order chi connectivity index (χ1) is 17.5. The van der Waals surface area contributed by atoms with Crippen LogP contribution in [0.15, 0.2) is 54.7 Å². The summed E-state index contributed by atoms with van der Waals surface area (Å²) in [6.45, 7) is 3.12. The highest BCUT2D eigenvalue weighted by Gasteiger charge is 2.26. The zero-order chi connectivity index (χ0) is 24.9. The monoisotopic (exact) mass is 509 g/mol. The molecule has 190 valence electrons. The molecule has 5 nitrogen and oxygen atoms in total. The Labute approximate surface area is 217 Å². The molecule has 0 radical (unpaired) electrons. The van der Waals surface area contributed by atoms with E-state index >= 15 is 0 Å². The van der Waals surface area contributed by atoms with Crippen LogP contribution in [0.4, 0.5) is 4.39 Å². The van der Waals surface area contributed by atoms with E-state index in [0.29, 0.717) is 22.3 Å². The van der Waals surface area contributed by atoms with Gasteiger partial charge < -0.3 is 15.0 Å². The minimum absolute atomic E-state index is 0.00376. The molecule has 2 aliphatic rings. The average Bonchev–Trinajstić information content (AvgIpc) is 2.90. The summed E-state index contributed by atoms with van der Waals surface area (Å²) >= 11 is 6.10. The highest BCUT2D eigenvalue weighted by atomic mass is 35.5. The maximum atomic E-state index is 13.2. The minimum Gasteiger partial charge on any atom is -0.489 e. The summed E-state index contributed by atoms with van der Waals surface area (Å²) in [6, 6.07) is 14.1. The van der Waals surface area contributed by atoms with Gasteiger partial charge in [0, 0.05) is 30.7 Å². The number of pyridine rings is 1.